The molecule has 1 aromatic carbocycles. The molecule has 1 amide bonds. The van der Waals surface area contributed by atoms with Crippen LogP contribution < -0.4 is 15.0 Å². The number of methoxy groups -OCH3 is 1. The molecule has 7 nitrogen and oxygen atoms in total. The van der Waals surface area contributed by atoms with Gasteiger partial charge in [0.25, 0.3) is 0 Å². The molecule has 5 fully saturated rings. The van der Waals surface area contributed by atoms with E-state index in [4.69, 9.17) is 4.74 Å². The van der Waals surface area contributed by atoms with Crippen LogP contribution in [0.25, 0.3) is 0 Å². The van der Waals surface area contributed by atoms with Crippen LogP contribution in [0, 0.1) is 29.1 Å². The maximum Gasteiger partial charge on any atom is 0.309 e. The standard InChI is InChI=1S/C27H39N3O4/c1-17-20-14-18-13-19(16-27(17,15-18)25(32)33)23(20)28-24(31)26(2,3)30-11-9-29(10-12-30)21-7-5-6-8-22(21)34-4/h5-8,17-20,23H,9-16H2,1-4H3,(H,28,31)(H,32,33). The maximum atomic E-state index is 13.6. The lowest BCUT2D eigenvalue weighted by Gasteiger charge is -2.62. The highest BCUT2D eigenvalue weighted by Crippen LogP contribution is 2.62. The number of carboxylic acid groups (broad SMARTS) is 1. The Bertz CT molecular complexity index is 957. The van der Waals surface area contributed by atoms with E-state index in [-0.39, 0.29) is 29.7 Å². The molecule has 4 bridgehead atoms. The Morgan fingerprint density at radius 2 is 1.82 bits per heavy atom. The van der Waals surface area contributed by atoms with Crippen LogP contribution in [0.1, 0.15) is 46.5 Å². The number of hydrogen-bond donors (Lipinski definition) is 2. The molecule has 6 rings (SSSR count). The zero-order chi connectivity index (χ0) is 24.3. The van der Waals surface area contributed by atoms with Gasteiger partial charge in [0.15, 0.2) is 0 Å². The second kappa shape index (κ2) is 8.43. The van der Waals surface area contributed by atoms with E-state index in [1.54, 1.807) is 7.11 Å². The number of ether oxygens (including phenoxy) is 1. The summed E-state index contributed by atoms with van der Waals surface area (Å²) in [7, 11) is 1.70. The number of para-hydroxylation sites is 2. The normalized spacial score (nSPS) is 35.3. The van der Waals surface area contributed by atoms with E-state index in [2.05, 4.69) is 28.1 Å². The third-order valence-corrected chi connectivity index (χ3v) is 9.78. The van der Waals surface area contributed by atoms with Crippen LogP contribution >= 0.6 is 0 Å². The first-order valence-electron chi connectivity index (χ1n) is 12.8. The van der Waals surface area contributed by atoms with Gasteiger partial charge in [-0.1, -0.05) is 19.1 Å². The van der Waals surface area contributed by atoms with E-state index >= 15 is 0 Å². The fourth-order valence-electron chi connectivity index (χ4n) is 7.76. The summed E-state index contributed by atoms with van der Waals surface area (Å²) in [6.07, 6.45) is 3.63. The topological polar surface area (TPSA) is 82.1 Å². The first-order chi connectivity index (χ1) is 16.2. The molecule has 4 aliphatic carbocycles. The minimum Gasteiger partial charge on any atom is -0.495 e. The van der Waals surface area contributed by atoms with E-state index in [0.29, 0.717) is 12.3 Å². The maximum absolute atomic E-state index is 13.6. The number of amides is 1. The average molecular weight is 470 g/mol. The monoisotopic (exact) mass is 469 g/mol. The van der Waals surface area contributed by atoms with Gasteiger partial charge in [0, 0.05) is 32.2 Å². The number of hydrogen-bond acceptors (Lipinski definition) is 5. The lowest BCUT2D eigenvalue weighted by molar-refractivity contribution is -0.181. The predicted molar refractivity (Wildman–Crippen MR) is 131 cm³/mol. The van der Waals surface area contributed by atoms with Crippen LogP contribution in [0.2, 0.25) is 0 Å². The van der Waals surface area contributed by atoms with E-state index in [1.165, 1.54) is 0 Å². The Morgan fingerprint density at radius 1 is 1.12 bits per heavy atom. The number of carboxylic acids is 1. The molecule has 1 aromatic rings. The van der Waals surface area contributed by atoms with Gasteiger partial charge >= 0.3 is 5.97 Å². The number of rotatable bonds is 6. The lowest BCUT2D eigenvalue weighted by atomic mass is 9.44. The van der Waals surface area contributed by atoms with Crippen molar-refractivity contribution in [1.29, 1.82) is 0 Å². The van der Waals surface area contributed by atoms with Crippen molar-refractivity contribution >= 4 is 17.6 Å². The molecule has 0 radical (unpaired) electrons. The molecule has 6 unspecified atom stereocenters. The van der Waals surface area contributed by atoms with E-state index in [9.17, 15) is 14.7 Å². The van der Waals surface area contributed by atoms with Gasteiger partial charge in [-0.25, -0.2) is 0 Å². The summed E-state index contributed by atoms with van der Waals surface area (Å²) in [5.74, 6) is 1.49. The second-order valence-electron chi connectivity index (χ2n) is 11.6. The second-order valence-corrected chi connectivity index (χ2v) is 11.6. The third kappa shape index (κ3) is 3.58. The number of anilines is 1. The Labute approximate surface area is 202 Å². The molecule has 34 heavy (non-hydrogen) atoms. The van der Waals surface area contributed by atoms with Crippen LogP contribution in [0.5, 0.6) is 5.75 Å². The fourth-order valence-corrected chi connectivity index (χ4v) is 7.76. The van der Waals surface area contributed by atoms with Gasteiger partial charge in [0.05, 0.1) is 23.8 Å². The lowest BCUT2D eigenvalue weighted by Crippen LogP contribution is -2.68. The number of nitrogens with one attached hydrogen (secondary N) is 1. The molecule has 1 heterocycles. The zero-order valence-corrected chi connectivity index (χ0v) is 20.9. The molecule has 1 saturated heterocycles. The largest absolute Gasteiger partial charge is 0.495 e. The van der Waals surface area contributed by atoms with Crippen molar-refractivity contribution in [3.63, 3.8) is 0 Å². The van der Waals surface area contributed by atoms with E-state index < -0.39 is 16.9 Å². The summed E-state index contributed by atoms with van der Waals surface area (Å²) in [6.45, 7) is 9.45. The summed E-state index contributed by atoms with van der Waals surface area (Å²) >= 11 is 0. The zero-order valence-electron chi connectivity index (χ0n) is 20.9. The average Bonchev–Trinajstić information content (AvgIpc) is 2.83. The van der Waals surface area contributed by atoms with Crippen LogP contribution in [0.3, 0.4) is 0 Å². The van der Waals surface area contributed by atoms with E-state index in [0.717, 1.165) is 56.9 Å². The number of benzene rings is 1. The molecule has 0 spiro atoms. The smallest absolute Gasteiger partial charge is 0.309 e. The van der Waals surface area contributed by atoms with Crippen LogP contribution in [-0.4, -0.2) is 66.8 Å². The van der Waals surface area contributed by atoms with Crippen molar-refractivity contribution in [2.24, 2.45) is 29.1 Å². The van der Waals surface area contributed by atoms with Gasteiger partial charge in [-0.05, 0) is 75.3 Å². The van der Waals surface area contributed by atoms with Crippen LogP contribution in [0.4, 0.5) is 5.69 Å². The molecule has 6 atom stereocenters. The molecule has 0 aromatic heterocycles. The molecule has 1 aliphatic heterocycles. The van der Waals surface area contributed by atoms with Crippen molar-refractivity contribution in [3.05, 3.63) is 24.3 Å². The SMILES string of the molecule is COc1ccccc1N1CCN(C(C)(C)C(=O)NC2C3CC4CC2C(C)C(C(=O)O)(C4)C3)CC1. The summed E-state index contributed by atoms with van der Waals surface area (Å²) in [4.78, 5) is 30.5. The minimum absolute atomic E-state index is 0.0762. The number of aliphatic carboxylic acids is 1. The fraction of sp³-hybridized carbons (Fsp3) is 0.704. The highest BCUT2D eigenvalue weighted by Gasteiger charge is 2.63. The van der Waals surface area contributed by atoms with Crippen molar-refractivity contribution in [2.45, 2.75) is 58.0 Å². The first kappa shape index (κ1) is 23.5. The molecular weight excluding hydrogens is 430 g/mol. The molecule has 5 aliphatic rings. The summed E-state index contributed by atoms with van der Waals surface area (Å²) in [6, 6.07) is 8.18. The van der Waals surface area contributed by atoms with Crippen molar-refractivity contribution in [2.75, 3.05) is 38.2 Å². The first-order valence-corrected chi connectivity index (χ1v) is 12.8. The highest BCUT2D eigenvalue weighted by atomic mass is 16.5. The van der Waals surface area contributed by atoms with Crippen molar-refractivity contribution in [1.82, 2.24) is 10.2 Å². The predicted octanol–water partition coefficient (Wildman–Crippen LogP) is 3.24. The minimum atomic E-state index is -0.627. The molecular formula is C27H39N3O4. The Balaban J connectivity index is 1.25. The van der Waals surface area contributed by atoms with Crippen LogP contribution in [0.15, 0.2) is 24.3 Å². The number of carbonyl (C=O) groups is 2. The summed E-state index contributed by atoms with van der Waals surface area (Å²) in [5, 5.41) is 13.5. The van der Waals surface area contributed by atoms with Gasteiger partial charge < -0.3 is 20.1 Å². The van der Waals surface area contributed by atoms with Gasteiger partial charge in [0.2, 0.25) is 5.91 Å². The molecule has 7 heteroatoms. The third-order valence-electron chi connectivity index (χ3n) is 9.78. The highest BCUT2D eigenvalue weighted by molar-refractivity contribution is 5.86. The number of carbonyl (C=O) groups excluding carboxylic acids is 1. The summed E-state index contributed by atoms with van der Waals surface area (Å²) < 4.78 is 5.54. The number of piperazine rings is 1. The Hall–Kier alpha value is -2.28. The van der Waals surface area contributed by atoms with Crippen molar-refractivity contribution < 1.29 is 19.4 Å². The number of nitrogens with zero attached hydrogens (tertiary/aromatic N) is 2. The van der Waals surface area contributed by atoms with E-state index in [1.807, 2.05) is 32.0 Å². The quantitative estimate of drug-likeness (QED) is 0.666. The van der Waals surface area contributed by atoms with Gasteiger partial charge in [-0.3, -0.25) is 14.5 Å². The Morgan fingerprint density at radius 3 is 2.50 bits per heavy atom. The van der Waals surface area contributed by atoms with Crippen LogP contribution in [-0.2, 0) is 9.59 Å². The molecule has 186 valence electrons. The molecule has 2 N–H and O–H groups in total. The van der Waals surface area contributed by atoms with Gasteiger partial charge in [0.1, 0.15) is 5.75 Å². The van der Waals surface area contributed by atoms with Crippen molar-refractivity contribution in [3.8, 4) is 5.75 Å². The van der Waals surface area contributed by atoms with Gasteiger partial charge in [-0.2, -0.15) is 0 Å². The molecule has 4 saturated carbocycles. The van der Waals surface area contributed by atoms with Gasteiger partial charge in [-0.15, -0.1) is 0 Å². The summed E-state index contributed by atoms with van der Waals surface area (Å²) in [5.41, 5.74) is -0.0982. The Kier molecular flexibility index (Phi) is 5.82.